The number of nitrogens with zero attached hydrogens (tertiary/aromatic N) is 3. The summed E-state index contributed by atoms with van der Waals surface area (Å²) in [5.41, 5.74) is 9.15. The van der Waals surface area contributed by atoms with E-state index in [-0.39, 0.29) is 17.8 Å². The highest BCUT2D eigenvalue weighted by Gasteiger charge is 2.33. The summed E-state index contributed by atoms with van der Waals surface area (Å²) in [6, 6.07) is 8.02. The summed E-state index contributed by atoms with van der Waals surface area (Å²) in [5, 5.41) is 11.8. The zero-order valence-corrected chi connectivity index (χ0v) is 19.8. The summed E-state index contributed by atoms with van der Waals surface area (Å²) in [7, 11) is 1.58. The fourth-order valence-corrected chi connectivity index (χ4v) is 4.50. The molecule has 168 valence electrons. The van der Waals surface area contributed by atoms with Crippen molar-refractivity contribution in [3.8, 4) is 5.88 Å². The minimum atomic E-state index is -0.335. The van der Waals surface area contributed by atoms with E-state index >= 15 is 0 Å². The number of benzene rings is 1. The number of hydrazine groups is 1. The molecule has 3 rings (SSSR count). The van der Waals surface area contributed by atoms with Crippen LogP contribution < -0.4 is 15.1 Å². The zero-order chi connectivity index (χ0) is 22.5. The van der Waals surface area contributed by atoms with Crippen LogP contribution in [0.2, 0.25) is 0 Å². The summed E-state index contributed by atoms with van der Waals surface area (Å²) in [6.07, 6.45) is 2.52. The van der Waals surface area contributed by atoms with Gasteiger partial charge in [-0.2, -0.15) is 0 Å². The predicted octanol–water partition coefficient (Wildman–Crippen LogP) is 3.17. The van der Waals surface area contributed by atoms with Gasteiger partial charge in [-0.3, -0.25) is 4.79 Å². The smallest absolute Gasteiger partial charge is 0.238 e. The summed E-state index contributed by atoms with van der Waals surface area (Å²) in [6.45, 7) is 8.11. The zero-order valence-electron chi connectivity index (χ0n) is 18.9. The maximum absolute atomic E-state index is 12.8. The Hall–Kier alpha value is -2.29. The summed E-state index contributed by atoms with van der Waals surface area (Å²) in [4.78, 5) is 19.6. The molecule has 1 aliphatic rings. The molecule has 7 nitrogen and oxygen atoms in total. The molecule has 1 atom stereocenters. The lowest BCUT2D eigenvalue weighted by molar-refractivity contribution is -0.115. The Bertz CT molecular complexity index is 917. The van der Waals surface area contributed by atoms with Gasteiger partial charge in [0.2, 0.25) is 11.0 Å². The van der Waals surface area contributed by atoms with Gasteiger partial charge in [-0.25, -0.2) is 9.99 Å². The number of piperazine rings is 1. The Kier molecular flexibility index (Phi) is 7.80. The fraction of sp³-hybridized carbons (Fsp3) is 0.478. The molecule has 1 aromatic carbocycles. The van der Waals surface area contributed by atoms with Crippen LogP contribution in [0.15, 0.2) is 24.3 Å². The Balaban J connectivity index is 1.87. The second-order valence-electron chi connectivity index (χ2n) is 7.80. The second-order valence-corrected chi connectivity index (χ2v) is 8.61. The number of thioether (sulfide) groups is 1. The van der Waals surface area contributed by atoms with Crippen LogP contribution in [0.25, 0.3) is 0 Å². The number of aliphatic hydroxyl groups excluding tert-OH is 1. The van der Waals surface area contributed by atoms with E-state index < -0.39 is 0 Å². The van der Waals surface area contributed by atoms with Crippen LogP contribution in [-0.4, -0.2) is 59.3 Å². The molecule has 8 heteroatoms. The van der Waals surface area contributed by atoms with E-state index in [4.69, 9.17) is 4.74 Å². The van der Waals surface area contributed by atoms with Crippen LogP contribution in [0.5, 0.6) is 5.88 Å². The molecule has 1 fully saturated rings. The monoisotopic (exact) mass is 444 g/mol. The Morgan fingerprint density at radius 1 is 1.26 bits per heavy atom. The minimum absolute atomic E-state index is 0.0947. The number of carbonyl (C=O) groups is 1. The fourth-order valence-electron chi connectivity index (χ4n) is 4.03. The lowest BCUT2D eigenvalue weighted by Crippen LogP contribution is -2.58. The molecule has 2 heterocycles. The highest BCUT2D eigenvalue weighted by molar-refractivity contribution is 8.13. The third-order valence-electron chi connectivity index (χ3n) is 5.54. The number of pyridine rings is 1. The number of ether oxygens (including phenoxy) is 1. The van der Waals surface area contributed by atoms with Crippen molar-refractivity contribution in [2.45, 2.75) is 39.8 Å². The largest absolute Gasteiger partial charge is 0.479 e. The molecule has 1 aromatic heterocycles. The number of anilines is 2. The van der Waals surface area contributed by atoms with E-state index in [1.54, 1.807) is 7.11 Å². The number of carbonyl (C=O) groups excluding carboxylic acids is 1. The Morgan fingerprint density at radius 3 is 2.55 bits per heavy atom. The first kappa shape index (κ1) is 23.4. The van der Waals surface area contributed by atoms with Gasteiger partial charge < -0.3 is 20.2 Å². The average molecular weight is 445 g/mol. The van der Waals surface area contributed by atoms with Crippen molar-refractivity contribution in [2.75, 3.05) is 43.3 Å². The van der Waals surface area contributed by atoms with E-state index in [0.29, 0.717) is 31.1 Å². The highest BCUT2D eigenvalue weighted by Crippen LogP contribution is 2.29. The first-order valence-corrected chi connectivity index (χ1v) is 11.7. The van der Waals surface area contributed by atoms with Gasteiger partial charge >= 0.3 is 0 Å². The van der Waals surface area contributed by atoms with Gasteiger partial charge in [0.1, 0.15) is 11.7 Å². The molecule has 1 aliphatic heterocycles. The van der Waals surface area contributed by atoms with E-state index in [1.807, 2.05) is 24.3 Å². The first-order valence-electron chi connectivity index (χ1n) is 10.5. The van der Waals surface area contributed by atoms with Crippen LogP contribution in [-0.2, 0) is 17.8 Å². The predicted molar refractivity (Wildman–Crippen MR) is 127 cm³/mol. The number of hydrogen-bond acceptors (Lipinski definition) is 8. The van der Waals surface area contributed by atoms with Gasteiger partial charge in [0.25, 0.3) is 0 Å². The molecular formula is C23H32N4O3S. The summed E-state index contributed by atoms with van der Waals surface area (Å²) >= 11 is 1.24. The van der Waals surface area contributed by atoms with Crippen molar-refractivity contribution in [3.05, 3.63) is 46.6 Å². The van der Waals surface area contributed by atoms with Crippen molar-refractivity contribution < 1.29 is 14.6 Å². The van der Waals surface area contributed by atoms with Gasteiger partial charge in [-0.05, 0) is 55.9 Å². The Labute approximate surface area is 188 Å². The van der Waals surface area contributed by atoms with E-state index in [0.717, 1.165) is 23.5 Å². The molecule has 0 saturated carbocycles. The van der Waals surface area contributed by atoms with Crippen LogP contribution in [0, 0.1) is 13.8 Å². The third kappa shape index (κ3) is 5.31. The van der Waals surface area contributed by atoms with Crippen molar-refractivity contribution in [2.24, 2.45) is 0 Å². The standard InChI is InChI=1S/C23H32N4O3S/c1-6-19-17(14-28)12-20(22(24-19)30-4)25-27-8-7-26(13-21(27)23(29)31-5)18-10-15(2)9-16(3)11-18/h9-12,21,25,28H,6-8,13-14H2,1-5H3. The molecule has 0 bridgehead atoms. The van der Waals surface area contributed by atoms with Crippen LogP contribution >= 0.6 is 11.8 Å². The molecule has 31 heavy (non-hydrogen) atoms. The number of aryl methyl sites for hydroxylation is 3. The number of methoxy groups -OCH3 is 1. The number of hydrogen-bond donors (Lipinski definition) is 2. The molecule has 0 radical (unpaired) electrons. The quantitative estimate of drug-likeness (QED) is 0.674. The van der Waals surface area contributed by atoms with Crippen molar-refractivity contribution in [1.82, 2.24) is 9.99 Å². The van der Waals surface area contributed by atoms with Crippen LogP contribution in [0.4, 0.5) is 11.4 Å². The first-order chi connectivity index (χ1) is 14.9. The van der Waals surface area contributed by atoms with E-state index in [1.165, 1.54) is 22.9 Å². The molecule has 0 spiro atoms. The molecule has 1 saturated heterocycles. The molecule has 2 N–H and O–H groups in total. The molecule has 2 aromatic rings. The summed E-state index contributed by atoms with van der Waals surface area (Å²) < 4.78 is 5.49. The number of aliphatic hydroxyl groups is 1. The van der Waals surface area contributed by atoms with Crippen molar-refractivity contribution in [1.29, 1.82) is 0 Å². The molecule has 0 amide bonds. The maximum atomic E-state index is 12.8. The van der Waals surface area contributed by atoms with Crippen molar-refractivity contribution >= 4 is 28.3 Å². The topological polar surface area (TPSA) is 77.9 Å². The minimum Gasteiger partial charge on any atom is -0.479 e. The molecule has 1 unspecified atom stereocenters. The summed E-state index contributed by atoms with van der Waals surface area (Å²) in [5.74, 6) is 0.459. The van der Waals surface area contributed by atoms with Gasteiger partial charge in [-0.15, -0.1) is 0 Å². The lowest BCUT2D eigenvalue weighted by atomic mass is 10.1. The van der Waals surface area contributed by atoms with Gasteiger partial charge in [0.05, 0.1) is 13.7 Å². The van der Waals surface area contributed by atoms with Crippen molar-refractivity contribution in [3.63, 3.8) is 0 Å². The normalized spacial score (nSPS) is 17.0. The number of aromatic nitrogens is 1. The van der Waals surface area contributed by atoms with E-state index in [9.17, 15) is 9.90 Å². The lowest BCUT2D eigenvalue weighted by Gasteiger charge is -2.41. The van der Waals surface area contributed by atoms with Gasteiger partial charge in [-0.1, -0.05) is 24.8 Å². The van der Waals surface area contributed by atoms with Gasteiger partial charge in [0, 0.05) is 36.6 Å². The van der Waals surface area contributed by atoms with Gasteiger partial charge in [0.15, 0.2) is 0 Å². The highest BCUT2D eigenvalue weighted by atomic mass is 32.2. The molecular weight excluding hydrogens is 412 g/mol. The maximum Gasteiger partial charge on any atom is 0.238 e. The van der Waals surface area contributed by atoms with Crippen LogP contribution in [0.1, 0.15) is 29.3 Å². The van der Waals surface area contributed by atoms with E-state index in [2.05, 4.69) is 47.4 Å². The second kappa shape index (κ2) is 10.3. The average Bonchev–Trinajstić information content (AvgIpc) is 2.77. The molecule has 0 aliphatic carbocycles. The number of rotatable bonds is 7. The third-order valence-corrected chi connectivity index (χ3v) is 6.22. The SMILES string of the molecule is CCc1nc(OC)c(NN2CCN(c3cc(C)cc(C)c3)CC2C(=O)SC)cc1CO. The van der Waals surface area contributed by atoms with Crippen LogP contribution in [0.3, 0.4) is 0 Å². The Morgan fingerprint density at radius 2 is 1.97 bits per heavy atom. The number of nitrogens with one attached hydrogen (secondary N) is 1.